The first-order valence-corrected chi connectivity index (χ1v) is 8.67. The molecule has 0 heterocycles. The quantitative estimate of drug-likeness (QED) is 0.731. The molecule has 0 fully saturated rings. The zero-order valence-corrected chi connectivity index (χ0v) is 14.2. The van der Waals surface area contributed by atoms with Crippen molar-refractivity contribution in [2.75, 3.05) is 13.6 Å². The van der Waals surface area contributed by atoms with Crippen LogP contribution in [0.25, 0.3) is 0 Å². The van der Waals surface area contributed by atoms with Crippen LogP contribution < -0.4 is 5.32 Å². The summed E-state index contributed by atoms with van der Waals surface area (Å²) in [5, 5.41) is 11.5. The summed E-state index contributed by atoms with van der Waals surface area (Å²) in [6.45, 7) is 3.08. The third kappa shape index (κ3) is 5.04. The third-order valence-corrected chi connectivity index (χ3v) is 5.43. The van der Waals surface area contributed by atoms with E-state index >= 15 is 0 Å². The fourth-order valence-electron chi connectivity index (χ4n) is 1.96. The smallest absolute Gasteiger partial charge is 0.326 e. The molecule has 1 amide bonds. The summed E-state index contributed by atoms with van der Waals surface area (Å²) in [7, 11) is -2.51. The van der Waals surface area contributed by atoms with Gasteiger partial charge < -0.3 is 10.4 Å². The molecular weight excluding hydrogens is 320 g/mol. The Morgan fingerprint density at radius 2 is 1.83 bits per heavy atom. The Kier molecular flexibility index (Phi) is 6.71. The van der Waals surface area contributed by atoms with Crippen molar-refractivity contribution < 1.29 is 23.1 Å². The maximum absolute atomic E-state index is 12.3. The minimum atomic E-state index is -3.79. The molecule has 8 heteroatoms. The predicted molar refractivity (Wildman–Crippen MR) is 85.3 cm³/mol. The Morgan fingerprint density at radius 3 is 2.30 bits per heavy atom. The van der Waals surface area contributed by atoms with Crippen LogP contribution in [0.2, 0.25) is 0 Å². The number of nitrogens with zero attached hydrogens (tertiary/aromatic N) is 1. The van der Waals surface area contributed by atoms with E-state index in [0.717, 1.165) is 4.31 Å². The van der Waals surface area contributed by atoms with Gasteiger partial charge in [0.25, 0.3) is 0 Å². The van der Waals surface area contributed by atoms with E-state index in [9.17, 15) is 18.0 Å². The van der Waals surface area contributed by atoms with Crippen LogP contribution in [-0.4, -0.2) is 49.3 Å². The molecule has 2 atom stereocenters. The van der Waals surface area contributed by atoms with Gasteiger partial charge in [-0.25, -0.2) is 13.2 Å². The highest BCUT2D eigenvalue weighted by atomic mass is 32.2. The fourth-order valence-corrected chi connectivity index (χ4v) is 3.11. The highest BCUT2D eigenvalue weighted by molar-refractivity contribution is 7.89. The number of hydrogen-bond donors (Lipinski definition) is 2. The molecule has 0 bridgehead atoms. The van der Waals surface area contributed by atoms with Crippen molar-refractivity contribution in [1.82, 2.24) is 9.62 Å². The largest absolute Gasteiger partial charge is 0.480 e. The molecule has 2 N–H and O–H groups in total. The van der Waals surface area contributed by atoms with Gasteiger partial charge in [0, 0.05) is 7.05 Å². The van der Waals surface area contributed by atoms with Crippen LogP contribution in [0.4, 0.5) is 0 Å². The number of amides is 1. The minimum Gasteiger partial charge on any atom is -0.480 e. The molecule has 0 saturated carbocycles. The summed E-state index contributed by atoms with van der Waals surface area (Å²) in [5.41, 5.74) is 0. The van der Waals surface area contributed by atoms with Gasteiger partial charge in [0.15, 0.2) is 0 Å². The number of benzene rings is 1. The molecule has 0 aromatic heterocycles. The number of carbonyl (C=O) groups excluding carboxylic acids is 1. The van der Waals surface area contributed by atoms with Crippen LogP contribution in [0, 0.1) is 5.92 Å². The number of sulfonamides is 1. The number of likely N-dealkylation sites (N-methyl/N-ethyl adjacent to an activating group) is 1. The number of carboxylic acid groups (broad SMARTS) is 1. The molecule has 1 aromatic rings. The van der Waals surface area contributed by atoms with E-state index in [2.05, 4.69) is 5.32 Å². The molecule has 0 spiro atoms. The number of carbonyl (C=O) groups is 2. The topological polar surface area (TPSA) is 104 Å². The highest BCUT2D eigenvalue weighted by Gasteiger charge is 2.28. The number of rotatable bonds is 8. The number of nitrogens with one attached hydrogen (secondary N) is 1. The van der Waals surface area contributed by atoms with Crippen molar-refractivity contribution in [3.8, 4) is 0 Å². The first-order valence-electron chi connectivity index (χ1n) is 7.23. The lowest BCUT2D eigenvalue weighted by atomic mass is 9.99. The zero-order valence-electron chi connectivity index (χ0n) is 13.4. The van der Waals surface area contributed by atoms with E-state index in [-0.39, 0.29) is 10.8 Å². The molecule has 23 heavy (non-hydrogen) atoms. The SMILES string of the molecule is CCC(C)C(NC(=O)CN(C)S(=O)(=O)c1ccccc1)C(=O)O. The Hall–Kier alpha value is -1.93. The molecule has 2 unspecified atom stereocenters. The lowest BCUT2D eigenvalue weighted by molar-refractivity contribution is -0.143. The van der Waals surface area contributed by atoms with E-state index in [1.807, 2.05) is 6.92 Å². The molecule has 0 aliphatic carbocycles. The van der Waals surface area contributed by atoms with Crippen molar-refractivity contribution in [3.63, 3.8) is 0 Å². The maximum atomic E-state index is 12.3. The lowest BCUT2D eigenvalue weighted by Gasteiger charge is -2.22. The molecule has 0 aliphatic heterocycles. The van der Waals surface area contributed by atoms with Gasteiger partial charge in [-0.05, 0) is 18.1 Å². The van der Waals surface area contributed by atoms with Gasteiger partial charge in [0.2, 0.25) is 15.9 Å². The van der Waals surface area contributed by atoms with Gasteiger partial charge >= 0.3 is 5.97 Å². The summed E-state index contributed by atoms with van der Waals surface area (Å²) in [5.74, 6) is -2.05. The van der Waals surface area contributed by atoms with Crippen LogP contribution in [0.3, 0.4) is 0 Å². The Labute approximate surface area is 136 Å². The Morgan fingerprint density at radius 1 is 1.26 bits per heavy atom. The van der Waals surface area contributed by atoms with E-state index in [0.29, 0.717) is 6.42 Å². The van der Waals surface area contributed by atoms with Crippen LogP contribution in [-0.2, 0) is 19.6 Å². The van der Waals surface area contributed by atoms with E-state index < -0.39 is 34.5 Å². The van der Waals surface area contributed by atoms with Crippen LogP contribution in [0.5, 0.6) is 0 Å². The Bertz CT molecular complexity index is 645. The maximum Gasteiger partial charge on any atom is 0.326 e. The number of carboxylic acids is 1. The van der Waals surface area contributed by atoms with Crippen molar-refractivity contribution in [3.05, 3.63) is 30.3 Å². The third-order valence-electron chi connectivity index (χ3n) is 3.61. The van der Waals surface area contributed by atoms with Crippen molar-refractivity contribution >= 4 is 21.9 Å². The second-order valence-electron chi connectivity index (χ2n) is 5.34. The van der Waals surface area contributed by atoms with Crippen molar-refractivity contribution in [2.45, 2.75) is 31.2 Å². The highest BCUT2D eigenvalue weighted by Crippen LogP contribution is 2.13. The molecule has 7 nitrogen and oxygen atoms in total. The van der Waals surface area contributed by atoms with Crippen LogP contribution in [0.1, 0.15) is 20.3 Å². The van der Waals surface area contributed by atoms with Gasteiger partial charge in [-0.2, -0.15) is 4.31 Å². The standard InChI is InChI=1S/C15H22N2O5S/c1-4-11(2)14(15(19)20)16-13(18)10-17(3)23(21,22)12-8-6-5-7-9-12/h5-9,11,14H,4,10H2,1-3H3,(H,16,18)(H,19,20). The van der Waals surface area contributed by atoms with Crippen molar-refractivity contribution in [1.29, 1.82) is 0 Å². The first-order chi connectivity index (χ1) is 10.7. The number of hydrogen-bond acceptors (Lipinski definition) is 4. The van der Waals surface area contributed by atoms with Gasteiger partial charge in [-0.3, -0.25) is 4.79 Å². The second kappa shape index (κ2) is 8.07. The fraction of sp³-hybridized carbons (Fsp3) is 0.467. The summed E-state index contributed by atoms with van der Waals surface area (Å²) in [4.78, 5) is 23.3. The Balaban J connectivity index is 2.78. The number of aliphatic carboxylic acids is 1. The molecule has 0 aliphatic rings. The molecule has 0 radical (unpaired) electrons. The summed E-state index contributed by atoms with van der Waals surface area (Å²) < 4.78 is 25.5. The van der Waals surface area contributed by atoms with E-state index in [1.165, 1.54) is 19.2 Å². The summed E-state index contributed by atoms with van der Waals surface area (Å²) in [6, 6.07) is 6.69. The average Bonchev–Trinajstić information content (AvgIpc) is 2.52. The molecule has 128 valence electrons. The van der Waals surface area contributed by atoms with Crippen molar-refractivity contribution in [2.24, 2.45) is 5.92 Å². The van der Waals surface area contributed by atoms with Gasteiger partial charge in [0.1, 0.15) is 6.04 Å². The normalized spacial score (nSPS) is 14.3. The summed E-state index contributed by atoms with van der Waals surface area (Å²) in [6.07, 6.45) is 0.579. The van der Waals surface area contributed by atoms with Gasteiger partial charge in [0.05, 0.1) is 11.4 Å². The molecule has 0 saturated heterocycles. The van der Waals surface area contributed by atoms with Gasteiger partial charge in [-0.1, -0.05) is 38.5 Å². The van der Waals surface area contributed by atoms with Gasteiger partial charge in [-0.15, -0.1) is 0 Å². The minimum absolute atomic E-state index is 0.0759. The van der Waals surface area contributed by atoms with E-state index in [1.54, 1.807) is 25.1 Å². The monoisotopic (exact) mass is 342 g/mol. The first kappa shape index (κ1) is 19.1. The zero-order chi connectivity index (χ0) is 17.6. The molecular formula is C15H22N2O5S. The van der Waals surface area contributed by atoms with E-state index in [4.69, 9.17) is 5.11 Å². The molecule has 1 aromatic carbocycles. The predicted octanol–water partition coefficient (Wildman–Crippen LogP) is 0.923. The lowest BCUT2D eigenvalue weighted by Crippen LogP contribution is -2.48. The van der Waals surface area contributed by atoms with Crippen LogP contribution >= 0.6 is 0 Å². The molecule has 1 rings (SSSR count). The average molecular weight is 342 g/mol. The van der Waals surface area contributed by atoms with Crippen LogP contribution in [0.15, 0.2) is 35.2 Å². The summed E-state index contributed by atoms with van der Waals surface area (Å²) >= 11 is 0. The second-order valence-corrected chi connectivity index (χ2v) is 7.39.